The number of carbonyl (C=O) groups excluding carboxylic acids is 1. The van der Waals surface area contributed by atoms with E-state index in [1.54, 1.807) is 6.07 Å². The Morgan fingerprint density at radius 3 is 2.65 bits per heavy atom. The van der Waals surface area contributed by atoms with Crippen LogP contribution >= 0.6 is 23.2 Å². The molecule has 1 aliphatic carbocycles. The molecule has 3 nitrogen and oxygen atoms in total. The van der Waals surface area contributed by atoms with Crippen LogP contribution in [0.1, 0.15) is 23.5 Å². The van der Waals surface area contributed by atoms with E-state index in [4.69, 9.17) is 28.9 Å². The fourth-order valence-corrected chi connectivity index (χ4v) is 3.23. The predicted molar refractivity (Wildman–Crippen MR) is 94.9 cm³/mol. The van der Waals surface area contributed by atoms with Gasteiger partial charge in [0.1, 0.15) is 0 Å². The highest BCUT2D eigenvalue weighted by atomic mass is 35.5. The second kappa shape index (κ2) is 6.81. The second-order valence-electron chi connectivity index (χ2n) is 5.87. The monoisotopic (exact) mass is 348 g/mol. The molecule has 1 aliphatic rings. The van der Waals surface area contributed by atoms with Gasteiger partial charge in [-0.05, 0) is 48.1 Å². The standard InChI is InChI=1S/C18H18Cl2N2O/c19-16-3-1-2-13(17(16)20)14-10-15(14)18(23)22-9-8-11-4-6-12(21)7-5-11/h1-7,14-15H,8-10,21H2,(H,22,23). The summed E-state index contributed by atoms with van der Waals surface area (Å²) < 4.78 is 0. The van der Waals surface area contributed by atoms with Crippen LogP contribution in [0.5, 0.6) is 0 Å². The van der Waals surface area contributed by atoms with Crippen LogP contribution in [-0.4, -0.2) is 12.5 Å². The van der Waals surface area contributed by atoms with E-state index in [9.17, 15) is 4.79 Å². The molecule has 0 spiro atoms. The Hall–Kier alpha value is -1.71. The van der Waals surface area contributed by atoms with Gasteiger partial charge >= 0.3 is 0 Å². The van der Waals surface area contributed by atoms with Crippen LogP contribution in [0, 0.1) is 5.92 Å². The van der Waals surface area contributed by atoms with E-state index in [-0.39, 0.29) is 17.7 Å². The maximum absolute atomic E-state index is 12.2. The van der Waals surface area contributed by atoms with Crippen molar-refractivity contribution in [3.05, 3.63) is 63.6 Å². The van der Waals surface area contributed by atoms with Crippen LogP contribution in [0.25, 0.3) is 0 Å². The quantitative estimate of drug-likeness (QED) is 0.801. The summed E-state index contributed by atoms with van der Waals surface area (Å²) in [6.07, 6.45) is 1.62. The summed E-state index contributed by atoms with van der Waals surface area (Å²) in [4.78, 5) is 12.2. The van der Waals surface area contributed by atoms with Gasteiger partial charge in [0.2, 0.25) is 5.91 Å². The summed E-state index contributed by atoms with van der Waals surface area (Å²) in [6, 6.07) is 13.3. The molecule has 3 rings (SSSR count). The van der Waals surface area contributed by atoms with Crippen molar-refractivity contribution >= 4 is 34.8 Å². The smallest absolute Gasteiger partial charge is 0.223 e. The third-order valence-corrected chi connectivity index (χ3v) is 5.03. The molecule has 23 heavy (non-hydrogen) atoms. The number of hydrogen-bond acceptors (Lipinski definition) is 2. The summed E-state index contributed by atoms with van der Waals surface area (Å²) in [5.41, 5.74) is 8.53. The van der Waals surface area contributed by atoms with Crippen LogP contribution < -0.4 is 11.1 Å². The van der Waals surface area contributed by atoms with Crippen molar-refractivity contribution in [3.63, 3.8) is 0 Å². The van der Waals surface area contributed by atoms with E-state index >= 15 is 0 Å². The van der Waals surface area contributed by atoms with E-state index in [0.717, 1.165) is 29.7 Å². The van der Waals surface area contributed by atoms with Crippen molar-refractivity contribution in [2.75, 3.05) is 12.3 Å². The first kappa shape index (κ1) is 16.2. The average Bonchev–Trinajstić information content (AvgIpc) is 3.32. The fraction of sp³-hybridized carbons (Fsp3) is 0.278. The summed E-state index contributed by atoms with van der Waals surface area (Å²) in [5, 5.41) is 4.10. The lowest BCUT2D eigenvalue weighted by Gasteiger charge is -2.07. The SMILES string of the molecule is Nc1ccc(CCNC(=O)C2CC2c2cccc(Cl)c2Cl)cc1. The highest BCUT2D eigenvalue weighted by molar-refractivity contribution is 6.42. The number of nitrogens with one attached hydrogen (secondary N) is 1. The summed E-state index contributed by atoms with van der Waals surface area (Å²) in [5.74, 6) is 0.261. The molecule has 2 unspecified atom stereocenters. The lowest BCUT2D eigenvalue weighted by atomic mass is 10.1. The van der Waals surface area contributed by atoms with Crippen LogP contribution in [0.3, 0.4) is 0 Å². The minimum absolute atomic E-state index is 0.00242. The topological polar surface area (TPSA) is 55.1 Å². The number of halogens is 2. The number of rotatable bonds is 5. The van der Waals surface area contributed by atoms with E-state index in [0.29, 0.717) is 16.6 Å². The van der Waals surface area contributed by atoms with E-state index in [1.165, 1.54) is 0 Å². The molecule has 0 aromatic heterocycles. The average molecular weight is 349 g/mol. The molecule has 1 amide bonds. The maximum Gasteiger partial charge on any atom is 0.223 e. The lowest BCUT2D eigenvalue weighted by Crippen LogP contribution is -2.27. The maximum atomic E-state index is 12.2. The van der Waals surface area contributed by atoms with Gasteiger partial charge in [-0.3, -0.25) is 4.79 Å². The van der Waals surface area contributed by atoms with Crippen molar-refractivity contribution in [1.29, 1.82) is 0 Å². The van der Waals surface area contributed by atoms with Crippen molar-refractivity contribution < 1.29 is 4.79 Å². The minimum atomic E-state index is -0.00242. The Bertz CT molecular complexity index is 715. The Morgan fingerprint density at radius 1 is 1.17 bits per heavy atom. The highest BCUT2D eigenvalue weighted by Crippen LogP contribution is 2.50. The van der Waals surface area contributed by atoms with Gasteiger partial charge in [-0.25, -0.2) is 0 Å². The number of carbonyl (C=O) groups is 1. The number of amides is 1. The summed E-state index contributed by atoms with van der Waals surface area (Å²) in [6.45, 7) is 0.620. The van der Waals surface area contributed by atoms with Gasteiger partial charge in [-0.15, -0.1) is 0 Å². The molecule has 120 valence electrons. The molecule has 3 N–H and O–H groups in total. The molecular formula is C18H18Cl2N2O. The van der Waals surface area contributed by atoms with Crippen molar-refractivity contribution in [1.82, 2.24) is 5.32 Å². The number of benzene rings is 2. The third kappa shape index (κ3) is 3.80. The molecule has 0 radical (unpaired) electrons. The number of hydrogen-bond donors (Lipinski definition) is 2. The Kier molecular flexibility index (Phi) is 4.79. The molecule has 0 saturated heterocycles. The van der Waals surface area contributed by atoms with Crippen molar-refractivity contribution in [3.8, 4) is 0 Å². The zero-order valence-corrected chi connectivity index (χ0v) is 14.1. The minimum Gasteiger partial charge on any atom is -0.399 e. The molecule has 0 heterocycles. The van der Waals surface area contributed by atoms with Crippen LogP contribution in [0.15, 0.2) is 42.5 Å². The molecule has 2 atom stereocenters. The van der Waals surface area contributed by atoms with Crippen molar-refractivity contribution in [2.45, 2.75) is 18.8 Å². The Balaban J connectivity index is 1.50. The molecule has 5 heteroatoms. The normalized spacial score (nSPS) is 19.4. The second-order valence-corrected chi connectivity index (χ2v) is 6.66. The predicted octanol–water partition coefficient (Wildman–Crippen LogP) is 4.04. The highest BCUT2D eigenvalue weighted by Gasteiger charge is 2.44. The van der Waals surface area contributed by atoms with Crippen LogP contribution in [0.2, 0.25) is 10.0 Å². The number of anilines is 1. The first-order chi connectivity index (χ1) is 11.1. The molecule has 0 aliphatic heterocycles. The van der Waals surface area contributed by atoms with Gasteiger partial charge < -0.3 is 11.1 Å². The number of nitrogens with two attached hydrogens (primary N) is 1. The van der Waals surface area contributed by atoms with Crippen LogP contribution in [0.4, 0.5) is 5.69 Å². The van der Waals surface area contributed by atoms with Crippen molar-refractivity contribution in [2.24, 2.45) is 5.92 Å². The molecule has 2 aromatic carbocycles. The van der Waals surface area contributed by atoms with Gasteiger partial charge in [-0.1, -0.05) is 47.5 Å². The van der Waals surface area contributed by atoms with Gasteiger partial charge in [0.05, 0.1) is 10.0 Å². The Labute approximate surface area is 145 Å². The summed E-state index contributed by atoms with van der Waals surface area (Å²) in [7, 11) is 0. The Morgan fingerprint density at radius 2 is 1.91 bits per heavy atom. The zero-order valence-electron chi connectivity index (χ0n) is 12.6. The molecule has 1 fully saturated rings. The summed E-state index contributed by atoms with van der Waals surface area (Å²) >= 11 is 12.3. The van der Waals surface area contributed by atoms with E-state index in [2.05, 4.69) is 5.32 Å². The first-order valence-corrected chi connectivity index (χ1v) is 8.38. The van der Waals surface area contributed by atoms with Gasteiger partial charge in [0.15, 0.2) is 0 Å². The third-order valence-electron chi connectivity index (χ3n) is 4.20. The molecular weight excluding hydrogens is 331 g/mol. The van der Waals surface area contributed by atoms with Gasteiger partial charge in [0.25, 0.3) is 0 Å². The lowest BCUT2D eigenvalue weighted by molar-refractivity contribution is -0.122. The molecule has 0 bridgehead atoms. The fourth-order valence-electron chi connectivity index (χ4n) is 2.78. The van der Waals surface area contributed by atoms with E-state index < -0.39 is 0 Å². The van der Waals surface area contributed by atoms with Crippen LogP contribution in [-0.2, 0) is 11.2 Å². The van der Waals surface area contributed by atoms with E-state index in [1.807, 2.05) is 36.4 Å². The first-order valence-electron chi connectivity index (χ1n) is 7.62. The molecule has 1 saturated carbocycles. The molecule has 2 aromatic rings. The largest absolute Gasteiger partial charge is 0.399 e. The van der Waals surface area contributed by atoms with Gasteiger partial charge in [-0.2, -0.15) is 0 Å². The number of nitrogen functional groups attached to an aromatic ring is 1. The van der Waals surface area contributed by atoms with Gasteiger partial charge in [0, 0.05) is 18.2 Å². The zero-order chi connectivity index (χ0) is 16.4.